The van der Waals surface area contributed by atoms with Crippen LogP contribution in [0.1, 0.15) is 43.7 Å². The number of carbonyl (C=O) groups excluding carboxylic acids is 2. The van der Waals surface area contributed by atoms with Crippen molar-refractivity contribution in [1.29, 1.82) is 0 Å². The third-order valence-corrected chi connectivity index (χ3v) is 10.1. The molecule has 1 atom stereocenters. The Balaban J connectivity index is 1.20. The van der Waals surface area contributed by atoms with Crippen molar-refractivity contribution in [3.8, 4) is 45.3 Å². The largest absolute Gasteiger partial charge is 0.496 e. The zero-order chi connectivity index (χ0) is 35.2. The molecule has 12 heteroatoms. The number of aromatic nitrogens is 2. The van der Waals surface area contributed by atoms with Gasteiger partial charge in [-0.25, -0.2) is 4.98 Å². The number of hydrogen-bond acceptors (Lipinski definition) is 8. The molecule has 1 unspecified atom stereocenters. The fourth-order valence-corrected chi connectivity index (χ4v) is 7.37. The van der Waals surface area contributed by atoms with Crippen molar-refractivity contribution < 1.29 is 19.1 Å². The van der Waals surface area contributed by atoms with Crippen molar-refractivity contribution in [1.82, 2.24) is 30.8 Å². The Morgan fingerprint density at radius 3 is 2.44 bits per heavy atom. The van der Waals surface area contributed by atoms with E-state index in [0.717, 1.165) is 65.7 Å². The van der Waals surface area contributed by atoms with Gasteiger partial charge in [0.2, 0.25) is 17.7 Å². The van der Waals surface area contributed by atoms with Crippen LogP contribution in [0.25, 0.3) is 33.6 Å². The van der Waals surface area contributed by atoms with Crippen molar-refractivity contribution >= 4 is 35.0 Å². The van der Waals surface area contributed by atoms with Gasteiger partial charge in [-0.05, 0) is 37.5 Å². The molecule has 2 aromatic heterocycles. The topological polar surface area (TPSA) is 118 Å². The Kier molecular flexibility index (Phi) is 11.5. The number of ether oxygens (including phenoxy) is 2. The fourth-order valence-electron chi connectivity index (χ4n) is 6.72. The number of methoxy groups -OCH3 is 2. The van der Waals surface area contributed by atoms with E-state index in [1.807, 2.05) is 54.6 Å². The van der Waals surface area contributed by atoms with Crippen molar-refractivity contribution in [3.05, 3.63) is 82.0 Å². The SMILES string of the molecule is COc1cc(-c2nccc(-c3cccc(-c4ccc(CN5CCC(NC(C)=O)CC5)c(OC)n4)c3Cl)c2Cl)ccc1CNCC1CCC(=O)N1. The lowest BCUT2D eigenvalue weighted by atomic mass is 9.99. The lowest BCUT2D eigenvalue weighted by Gasteiger charge is -2.32. The summed E-state index contributed by atoms with van der Waals surface area (Å²) in [6.45, 7) is 5.32. The van der Waals surface area contributed by atoms with Crippen LogP contribution in [0.2, 0.25) is 10.0 Å². The minimum Gasteiger partial charge on any atom is -0.496 e. The highest BCUT2D eigenvalue weighted by molar-refractivity contribution is 6.39. The highest BCUT2D eigenvalue weighted by Gasteiger charge is 2.23. The van der Waals surface area contributed by atoms with E-state index in [1.165, 1.54) is 0 Å². The number of likely N-dealkylation sites (tertiary alicyclic amines) is 1. The molecule has 50 heavy (non-hydrogen) atoms. The van der Waals surface area contributed by atoms with Gasteiger partial charge in [-0.1, -0.05) is 59.6 Å². The van der Waals surface area contributed by atoms with Crippen LogP contribution in [-0.2, 0) is 22.7 Å². The molecule has 2 saturated heterocycles. The number of pyridine rings is 2. The van der Waals surface area contributed by atoms with Crippen LogP contribution in [0.3, 0.4) is 0 Å². The lowest BCUT2D eigenvalue weighted by Crippen LogP contribution is -2.43. The molecule has 2 aromatic carbocycles. The minimum absolute atomic E-state index is 0.0170. The first kappa shape index (κ1) is 35.6. The smallest absolute Gasteiger partial charge is 0.220 e. The van der Waals surface area contributed by atoms with Crippen molar-refractivity contribution in [2.45, 2.75) is 57.8 Å². The first-order valence-corrected chi connectivity index (χ1v) is 17.6. The molecule has 3 N–H and O–H groups in total. The molecule has 262 valence electrons. The van der Waals surface area contributed by atoms with Crippen LogP contribution < -0.4 is 25.4 Å². The molecule has 0 saturated carbocycles. The molecule has 2 amide bonds. The molecule has 0 aliphatic carbocycles. The molecule has 6 rings (SSSR count). The number of carbonyl (C=O) groups is 2. The molecule has 0 radical (unpaired) electrons. The van der Waals surface area contributed by atoms with Gasteiger partial charge in [-0.15, -0.1) is 0 Å². The van der Waals surface area contributed by atoms with Crippen LogP contribution in [-0.4, -0.2) is 72.6 Å². The number of hydrogen-bond donors (Lipinski definition) is 3. The number of nitrogens with zero attached hydrogens (tertiary/aromatic N) is 3. The predicted octanol–water partition coefficient (Wildman–Crippen LogP) is 6.27. The van der Waals surface area contributed by atoms with E-state index in [9.17, 15) is 9.59 Å². The summed E-state index contributed by atoms with van der Waals surface area (Å²) in [7, 11) is 3.27. The summed E-state index contributed by atoms with van der Waals surface area (Å²) >= 11 is 14.2. The van der Waals surface area contributed by atoms with Crippen LogP contribution >= 0.6 is 23.2 Å². The first-order valence-electron chi connectivity index (χ1n) is 16.9. The zero-order valence-electron chi connectivity index (χ0n) is 28.5. The Bertz CT molecular complexity index is 1860. The summed E-state index contributed by atoms with van der Waals surface area (Å²) in [6.07, 6.45) is 4.97. The molecule has 0 spiro atoms. The Hall–Kier alpha value is -4.22. The number of benzene rings is 2. The predicted molar refractivity (Wildman–Crippen MR) is 196 cm³/mol. The second kappa shape index (κ2) is 16.2. The Morgan fingerprint density at radius 2 is 1.72 bits per heavy atom. The van der Waals surface area contributed by atoms with E-state index in [1.54, 1.807) is 27.3 Å². The summed E-state index contributed by atoms with van der Waals surface area (Å²) in [5.41, 5.74) is 6.37. The molecule has 10 nitrogen and oxygen atoms in total. The maximum Gasteiger partial charge on any atom is 0.220 e. The maximum absolute atomic E-state index is 11.5. The van der Waals surface area contributed by atoms with E-state index in [4.69, 9.17) is 37.7 Å². The number of rotatable bonds is 12. The molecule has 2 aliphatic rings. The van der Waals surface area contributed by atoms with Crippen LogP contribution in [0.15, 0.2) is 60.8 Å². The fraction of sp³-hybridized carbons (Fsp3) is 0.368. The van der Waals surface area contributed by atoms with Crippen molar-refractivity contribution in [2.24, 2.45) is 0 Å². The standard InChI is InChI=1S/C38H42Cl2N6O4/c1-23(47)43-27-14-17-46(18-15-27)22-26-9-11-32(45-38(26)50-3)31-6-4-5-29(35(31)39)30-13-16-42-37(36(30)40)24-7-8-25(33(19-24)49-2)20-41-21-28-10-12-34(48)44-28/h4-9,11,13,16,19,27-28,41H,10,12,14-15,17-18,20-22H2,1-3H3,(H,43,47)(H,44,48). The summed E-state index contributed by atoms with van der Waals surface area (Å²) in [5, 5.41) is 10.4. The van der Waals surface area contributed by atoms with Gasteiger partial charge in [0, 0.05) is 97.7 Å². The van der Waals surface area contributed by atoms with E-state index in [2.05, 4.69) is 25.8 Å². The molecule has 4 heterocycles. The van der Waals surface area contributed by atoms with E-state index in [-0.39, 0.29) is 23.9 Å². The van der Waals surface area contributed by atoms with E-state index < -0.39 is 0 Å². The van der Waals surface area contributed by atoms with E-state index in [0.29, 0.717) is 59.1 Å². The minimum atomic E-state index is 0.0170. The van der Waals surface area contributed by atoms with Crippen LogP contribution in [0.4, 0.5) is 0 Å². The van der Waals surface area contributed by atoms with Crippen LogP contribution in [0, 0.1) is 0 Å². The lowest BCUT2D eigenvalue weighted by molar-refractivity contribution is -0.120. The zero-order valence-corrected chi connectivity index (χ0v) is 30.0. The highest BCUT2D eigenvalue weighted by atomic mass is 35.5. The average Bonchev–Trinajstić information content (AvgIpc) is 3.54. The van der Waals surface area contributed by atoms with Gasteiger partial charge in [0.1, 0.15) is 5.75 Å². The molecular weight excluding hydrogens is 675 g/mol. The number of piperidine rings is 1. The van der Waals surface area contributed by atoms with Crippen LogP contribution in [0.5, 0.6) is 11.6 Å². The van der Waals surface area contributed by atoms with Gasteiger partial charge in [0.15, 0.2) is 0 Å². The average molecular weight is 718 g/mol. The van der Waals surface area contributed by atoms with Gasteiger partial charge in [-0.2, -0.15) is 0 Å². The maximum atomic E-state index is 11.5. The number of halogens is 2. The summed E-state index contributed by atoms with van der Waals surface area (Å²) < 4.78 is 11.5. The molecule has 2 fully saturated rings. The third-order valence-electron chi connectivity index (χ3n) is 9.33. The summed E-state index contributed by atoms with van der Waals surface area (Å²) in [6, 6.07) is 18.0. The monoisotopic (exact) mass is 716 g/mol. The Morgan fingerprint density at radius 1 is 0.960 bits per heavy atom. The third kappa shape index (κ3) is 8.21. The first-order chi connectivity index (χ1) is 24.2. The van der Waals surface area contributed by atoms with Gasteiger partial charge in [0.05, 0.1) is 35.7 Å². The van der Waals surface area contributed by atoms with Crippen molar-refractivity contribution in [3.63, 3.8) is 0 Å². The molecule has 0 bridgehead atoms. The van der Waals surface area contributed by atoms with Gasteiger partial charge < -0.3 is 25.4 Å². The summed E-state index contributed by atoms with van der Waals surface area (Å²) in [5.74, 6) is 1.39. The summed E-state index contributed by atoms with van der Waals surface area (Å²) in [4.78, 5) is 34.8. The second-order valence-corrected chi connectivity index (χ2v) is 13.5. The van der Waals surface area contributed by atoms with Gasteiger partial charge in [0.25, 0.3) is 0 Å². The quantitative estimate of drug-likeness (QED) is 0.157. The molecule has 4 aromatic rings. The van der Waals surface area contributed by atoms with Gasteiger partial charge in [-0.3, -0.25) is 19.5 Å². The van der Waals surface area contributed by atoms with E-state index >= 15 is 0 Å². The Labute approximate surface area is 302 Å². The normalized spacial score (nSPS) is 16.7. The molecular formula is C38H42Cl2N6O4. The van der Waals surface area contributed by atoms with Crippen molar-refractivity contribution in [2.75, 3.05) is 33.9 Å². The highest BCUT2D eigenvalue weighted by Crippen LogP contribution is 2.42. The number of nitrogens with one attached hydrogen (secondary N) is 3. The second-order valence-electron chi connectivity index (χ2n) is 12.8. The van der Waals surface area contributed by atoms with Gasteiger partial charge >= 0.3 is 0 Å². The molecule has 2 aliphatic heterocycles. The number of amides is 2.